The van der Waals surface area contributed by atoms with Gasteiger partial charge < -0.3 is 24.1 Å². The van der Waals surface area contributed by atoms with Crippen molar-refractivity contribution in [2.24, 2.45) is 0 Å². The lowest BCUT2D eigenvalue weighted by molar-refractivity contribution is -0.137. The number of pyridine rings is 1. The van der Waals surface area contributed by atoms with E-state index >= 15 is 0 Å². The number of nitrogens with zero attached hydrogens (tertiary/aromatic N) is 3. The number of rotatable bonds is 4. The maximum atomic E-state index is 13.2. The number of methoxy groups -OCH3 is 1. The number of aromatic nitrogens is 2. The van der Waals surface area contributed by atoms with Gasteiger partial charge in [-0.05, 0) is 70.4 Å². The molecule has 194 valence electrons. The van der Waals surface area contributed by atoms with Gasteiger partial charge in [-0.25, -0.2) is 9.78 Å². The summed E-state index contributed by atoms with van der Waals surface area (Å²) in [5.41, 5.74) is 0.599. The number of carbonyl (C=O) groups excluding carboxylic acids is 1. The molecule has 1 fully saturated rings. The van der Waals surface area contributed by atoms with Crippen molar-refractivity contribution in [3.63, 3.8) is 0 Å². The molecule has 1 aliphatic rings. The van der Waals surface area contributed by atoms with E-state index in [4.69, 9.17) is 13.9 Å². The summed E-state index contributed by atoms with van der Waals surface area (Å²) < 4.78 is 56.2. The van der Waals surface area contributed by atoms with E-state index in [1.807, 2.05) is 20.8 Å². The van der Waals surface area contributed by atoms with Gasteiger partial charge in [-0.1, -0.05) is 0 Å². The van der Waals surface area contributed by atoms with Gasteiger partial charge in [-0.2, -0.15) is 18.2 Å². The van der Waals surface area contributed by atoms with E-state index in [-0.39, 0.29) is 23.9 Å². The number of piperidine rings is 1. The number of hydrogen-bond acceptors (Lipinski definition) is 7. The lowest BCUT2D eigenvalue weighted by Gasteiger charge is -2.34. The second-order valence-corrected chi connectivity index (χ2v) is 9.82. The molecule has 1 N–H and O–H groups in total. The van der Waals surface area contributed by atoms with Gasteiger partial charge in [0.1, 0.15) is 11.4 Å². The predicted molar refractivity (Wildman–Crippen MR) is 128 cm³/mol. The fourth-order valence-corrected chi connectivity index (χ4v) is 4.19. The van der Waals surface area contributed by atoms with Crippen molar-refractivity contribution < 1.29 is 31.9 Å². The number of fused-ring (bicyclic) bond motifs is 1. The smallest absolute Gasteiger partial charge is 0.416 e. The Morgan fingerprint density at radius 1 is 1.19 bits per heavy atom. The number of aryl methyl sites for hydroxylation is 1. The number of nitrogens with one attached hydrogen (secondary N) is 1. The summed E-state index contributed by atoms with van der Waals surface area (Å²) in [5, 5.41) is 3.22. The molecule has 36 heavy (non-hydrogen) atoms. The molecule has 0 spiro atoms. The molecule has 1 aromatic carbocycles. The second-order valence-electron chi connectivity index (χ2n) is 9.82. The molecule has 0 radical (unpaired) electrons. The zero-order valence-electron chi connectivity index (χ0n) is 20.8. The van der Waals surface area contributed by atoms with Crippen molar-refractivity contribution in [2.75, 3.05) is 25.5 Å². The molecule has 1 amide bonds. The molecule has 0 aliphatic carbocycles. The van der Waals surface area contributed by atoms with Crippen molar-refractivity contribution in [1.29, 1.82) is 0 Å². The monoisotopic (exact) mass is 506 g/mol. The first-order valence-corrected chi connectivity index (χ1v) is 11.6. The largest absolute Gasteiger partial charge is 0.496 e. The highest BCUT2D eigenvalue weighted by Crippen LogP contribution is 2.39. The van der Waals surface area contributed by atoms with E-state index in [2.05, 4.69) is 15.3 Å². The second kappa shape index (κ2) is 9.51. The molecule has 0 saturated carbocycles. The molecule has 1 atom stereocenters. The Hall–Kier alpha value is -3.50. The van der Waals surface area contributed by atoms with Crippen molar-refractivity contribution >= 4 is 23.3 Å². The van der Waals surface area contributed by atoms with Gasteiger partial charge >= 0.3 is 12.3 Å². The van der Waals surface area contributed by atoms with Crippen LogP contribution >= 0.6 is 0 Å². The van der Waals surface area contributed by atoms with Crippen LogP contribution in [0.15, 0.2) is 28.7 Å². The summed E-state index contributed by atoms with van der Waals surface area (Å²) in [5.74, 6) is 0.0699. The lowest BCUT2D eigenvalue weighted by atomic mass is 10.00. The quantitative estimate of drug-likeness (QED) is 0.462. The normalized spacial score (nSPS) is 16.8. The van der Waals surface area contributed by atoms with Gasteiger partial charge in [0.15, 0.2) is 5.58 Å². The minimum atomic E-state index is -4.49. The first-order chi connectivity index (χ1) is 16.8. The first-order valence-electron chi connectivity index (χ1n) is 11.6. The fourth-order valence-electron chi connectivity index (χ4n) is 4.19. The summed E-state index contributed by atoms with van der Waals surface area (Å²) in [6.07, 6.45) is -3.23. The Labute approximate surface area is 206 Å². The van der Waals surface area contributed by atoms with Crippen LogP contribution in [0.4, 0.5) is 24.0 Å². The van der Waals surface area contributed by atoms with Gasteiger partial charge in [0.25, 0.3) is 6.01 Å². The number of carbonyl (C=O) groups is 1. The van der Waals surface area contributed by atoms with Crippen LogP contribution in [0.2, 0.25) is 0 Å². The average molecular weight is 507 g/mol. The average Bonchev–Trinajstić information content (AvgIpc) is 3.18. The fraction of sp³-hybridized carbons (Fsp3) is 0.480. The molecular weight excluding hydrogens is 477 g/mol. The predicted octanol–water partition coefficient (Wildman–Crippen LogP) is 6.04. The first kappa shape index (κ1) is 25.6. The third-order valence-electron chi connectivity index (χ3n) is 5.76. The minimum absolute atomic E-state index is 0.0699. The van der Waals surface area contributed by atoms with Crippen LogP contribution in [0.5, 0.6) is 5.75 Å². The summed E-state index contributed by atoms with van der Waals surface area (Å²) in [6, 6.07) is 5.51. The van der Waals surface area contributed by atoms with Gasteiger partial charge in [0, 0.05) is 24.7 Å². The molecular formula is C25H29F3N4O4. The summed E-state index contributed by atoms with van der Waals surface area (Å²) in [7, 11) is 1.32. The number of likely N-dealkylation sites (tertiary alicyclic amines) is 1. The maximum Gasteiger partial charge on any atom is 0.416 e. The molecule has 0 bridgehead atoms. The van der Waals surface area contributed by atoms with E-state index in [1.54, 1.807) is 24.0 Å². The van der Waals surface area contributed by atoms with Crippen LogP contribution in [0.1, 0.15) is 44.7 Å². The van der Waals surface area contributed by atoms with Crippen LogP contribution in [0.3, 0.4) is 0 Å². The highest BCUT2D eigenvalue weighted by atomic mass is 19.4. The zero-order chi connectivity index (χ0) is 26.3. The topological polar surface area (TPSA) is 89.7 Å². The summed E-state index contributed by atoms with van der Waals surface area (Å²) in [6.45, 7) is 8.10. The zero-order valence-corrected chi connectivity index (χ0v) is 20.8. The van der Waals surface area contributed by atoms with Crippen LogP contribution < -0.4 is 10.1 Å². The molecule has 1 aliphatic heterocycles. The van der Waals surface area contributed by atoms with Gasteiger partial charge in [-0.15, -0.1) is 0 Å². The highest BCUT2D eigenvalue weighted by Gasteiger charge is 2.33. The van der Waals surface area contributed by atoms with E-state index < -0.39 is 17.3 Å². The SMILES string of the molecule is COc1cc(C(F)(F)F)cc(C)c1-c1ccc2oc(N[C@@H]3CCCN(C(=O)OC(C)(C)C)C3)nc2n1. The van der Waals surface area contributed by atoms with E-state index in [0.717, 1.165) is 25.0 Å². The van der Waals surface area contributed by atoms with Crippen LogP contribution in [-0.2, 0) is 10.9 Å². The van der Waals surface area contributed by atoms with Crippen molar-refractivity contribution in [3.8, 4) is 17.0 Å². The molecule has 2 aromatic heterocycles. The van der Waals surface area contributed by atoms with Crippen LogP contribution in [-0.4, -0.2) is 52.8 Å². The number of oxazole rings is 1. The van der Waals surface area contributed by atoms with E-state index in [0.29, 0.717) is 41.1 Å². The summed E-state index contributed by atoms with van der Waals surface area (Å²) >= 11 is 0. The molecule has 8 nitrogen and oxygen atoms in total. The van der Waals surface area contributed by atoms with Crippen molar-refractivity contribution in [3.05, 3.63) is 35.4 Å². The Bertz CT molecular complexity index is 1270. The minimum Gasteiger partial charge on any atom is -0.496 e. The van der Waals surface area contributed by atoms with Gasteiger partial charge in [0.05, 0.1) is 18.4 Å². The number of alkyl halides is 3. The lowest BCUT2D eigenvalue weighted by Crippen LogP contribution is -2.47. The van der Waals surface area contributed by atoms with Gasteiger partial charge in [-0.3, -0.25) is 0 Å². The molecule has 1 saturated heterocycles. The Morgan fingerprint density at radius 2 is 1.94 bits per heavy atom. The van der Waals surface area contributed by atoms with Crippen molar-refractivity contribution in [2.45, 2.75) is 58.4 Å². The molecule has 3 aromatic rings. The Morgan fingerprint density at radius 3 is 2.61 bits per heavy atom. The van der Waals surface area contributed by atoms with Gasteiger partial charge in [0.2, 0.25) is 5.65 Å². The Balaban J connectivity index is 1.55. The number of amides is 1. The molecule has 4 rings (SSSR count). The van der Waals surface area contributed by atoms with Crippen LogP contribution in [0.25, 0.3) is 22.5 Å². The number of ether oxygens (including phenoxy) is 2. The molecule has 0 unspecified atom stereocenters. The summed E-state index contributed by atoms with van der Waals surface area (Å²) in [4.78, 5) is 23.0. The Kier molecular flexibility index (Phi) is 6.76. The number of hydrogen-bond donors (Lipinski definition) is 1. The van der Waals surface area contributed by atoms with Crippen LogP contribution in [0, 0.1) is 6.92 Å². The van der Waals surface area contributed by atoms with E-state index in [1.165, 1.54) is 7.11 Å². The number of anilines is 1. The van der Waals surface area contributed by atoms with E-state index in [9.17, 15) is 18.0 Å². The molecule has 11 heteroatoms. The van der Waals surface area contributed by atoms with Crippen molar-refractivity contribution in [1.82, 2.24) is 14.9 Å². The number of benzene rings is 1. The third kappa shape index (κ3) is 5.66. The molecule has 3 heterocycles. The standard InChI is InChI=1S/C25H29F3N4O4/c1-14-11-15(25(26,27)28)12-19(34-5)20(14)17-8-9-18-21(30-17)31-22(35-18)29-16-7-6-10-32(13-16)23(33)36-24(2,3)4/h8-9,11-12,16H,6-7,10,13H2,1-5H3,(H,29,30,31)/t16-/m1/s1. The highest BCUT2D eigenvalue weighted by molar-refractivity contribution is 5.79. The maximum absolute atomic E-state index is 13.2. The third-order valence-corrected chi connectivity index (χ3v) is 5.76. The number of halogens is 3.